The van der Waals surface area contributed by atoms with Gasteiger partial charge in [-0.1, -0.05) is 19.1 Å². The van der Waals surface area contributed by atoms with Crippen LogP contribution in [0.1, 0.15) is 13.8 Å². The molecule has 0 aromatic carbocycles. The van der Waals surface area contributed by atoms with E-state index in [0.717, 1.165) is 5.70 Å². The van der Waals surface area contributed by atoms with E-state index in [1.165, 1.54) is 11.1 Å². The molecule has 1 heterocycles. The highest BCUT2D eigenvalue weighted by Gasteiger charge is 2.15. The molecule has 0 spiro atoms. The van der Waals surface area contributed by atoms with E-state index in [9.17, 15) is 0 Å². The van der Waals surface area contributed by atoms with Crippen LogP contribution in [0.3, 0.4) is 0 Å². The van der Waals surface area contributed by atoms with Gasteiger partial charge in [-0.2, -0.15) is 0 Å². The SMILES string of the molecule is CC1=CC(C)C=C2N=CC=C12. The van der Waals surface area contributed by atoms with Gasteiger partial charge in [0.05, 0.1) is 5.70 Å². The van der Waals surface area contributed by atoms with Gasteiger partial charge in [0, 0.05) is 11.8 Å². The zero-order valence-corrected chi connectivity index (χ0v) is 6.83. The highest BCUT2D eigenvalue weighted by atomic mass is 14.8. The molecule has 1 atom stereocenters. The number of hydrogen-bond acceptors (Lipinski definition) is 1. The first-order valence-corrected chi connectivity index (χ1v) is 3.93. The molecule has 0 saturated carbocycles. The van der Waals surface area contributed by atoms with E-state index in [1.807, 2.05) is 6.21 Å². The Hall–Kier alpha value is -1.11. The van der Waals surface area contributed by atoms with Crippen LogP contribution in [0.2, 0.25) is 0 Å². The van der Waals surface area contributed by atoms with Crippen LogP contribution >= 0.6 is 0 Å². The van der Waals surface area contributed by atoms with Crippen molar-refractivity contribution in [2.45, 2.75) is 13.8 Å². The molecule has 0 aromatic rings. The molecule has 56 valence electrons. The highest BCUT2D eigenvalue weighted by molar-refractivity contribution is 5.82. The number of nitrogens with zero attached hydrogens (tertiary/aromatic N) is 1. The fourth-order valence-electron chi connectivity index (χ4n) is 1.59. The molecule has 0 saturated heterocycles. The lowest BCUT2D eigenvalue weighted by Gasteiger charge is -2.13. The molecule has 0 bridgehead atoms. The largest absolute Gasteiger partial charge is 0.257 e. The third-order valence-electron chi connectivity index (χ3n) is 2.09. The Labute approximate surface area is 66.8 Å². The Balaban J connectivity index is 2.46. The molecule has 0 aromatic heterocycles. The van der Waals surface area contributed by atoms with Crippen molar-refractivity contribution < 1.29 is 0 Å². The molecule has 2 aliphatic rings. The summed E-state index contributed by atoms with van der Waals surface area (Å²) in [7, 11) is 0. The van der Waals surface area contributed by atoms with E-state index in [1.54, 1.807) is 0 Å². The maximum absolute atomic E-state index is 4.26. The highest BCUT2D eigenvalue weighted by Crippen LogP contribution is 2.30. The van der Waals surface area contributed by atoms with Gasteiger partial charge in [-0.3, -0.25) is 4.99 Å². The van der Waals surface area contributed by atoms with Crippen LogP contribution in [0, 0.1) is 5.92 Å². The minimum absolute atomic E-state index is 0.539. The van der Waals surface area contributed by atoms with Gasteiger partial charge in [0.2, 0.25) is 0 Å². The number of aliphatic imine (C=N–C) groups is 1. The predicted octanol–water partition coefficient (Wildman–Crippen LogP) is 2.48. The predicted molar refractivity (Wildman–Crippen MR) is 47.6 cm³/mol. The number of fused-ring (bicyclic) bond motifs is 1. The first kappa shape index (κ1) is 6.59. The van der Waals surface area contributed by atoms with E-state index in [-0.39, 0.29) is 0 Å². The van der Waals surface area contributed by atoms with E-state index in [2.05, 4.69) is 37.1 Å². The third kappa shape index (κ3) is 0.967. The van der Waals surface area contributed by atoms with E-state index >= 15 is 0 Å². The van der Waals surface area contributed by atoms with E-state index < -0.39 is 0 Å². The monoisotopic (exact) mass is 145 g/mol. The Bertz CT molecular complexity index is 303. The third-order valence-corrected chi connectivity index (χ3v) is 2.09. The van der Waals surface area contributed by atoms with Crippen molar-refractivity contribution in [1.82, 2.24) is 0 Å². The van der Waals surface area contributed by atoms with Gasteiger partial charge < -0.3 is 0 Å². The Kier molecular flexibility index (Phi) is 1.31. The molecule has 1 unspecified atom stereocenters. The van der Waals surface area contributed by atoms with Crippen molar-refractivity contribution in [2.24, 2.45) is 10.9 Å². The molecule has 1 aliphatic carbocycles. The van der Waals surface area contributed by atoms with Gasteiger partial charge in [-0.25, -0.2) is 0 Å². The van der Waals surface area contributed by atoms with Crippen molar-refractivity contribution in [3.8, 4) is 0 Å². The maximum Gasteiger partial charge on any atom is 0.0671 e. The van der Waals surface area contributed by atoms with E-state index in [4.69, 9.17) is 0 Å². The van der Waals surface area contributed by atoms with Crippen LogP contribution in [0.25, 0.3) is 0 Å². The summed E-state index contributed by atoms with van der Waals surface area (Å²) < 4.78 is 0. The maximum atomic E-state index is 4.26. The zero-order valence-electron chi connectivity index (χ0n) is 6.83. The van der Waals surface area contributed by atoms with Crippen molar-refractivity contribution in [1.29, 1.82) is 0 Å². The fourth-order valence-corrected chi connectivity index (χ4v) is 1.59. The first-order chi connectivity index (χ1) is 5.27. The number of allylic oxidation sites excluding steroid dienone is 4. The molecule has 0 radical (unpaired) electrons. The molecular formula is C10H11N. The van der Waals surface area contributed by atoms with Gasteiger partial charge in [0.15, 0.2) is 0 Å². The molecule has 1 heteroatoms. The molecule has 11 heavy (non-hydrogen) atoms. The van der Waals surface area contributed by atoms with Gasteiger partial charge in [0.1, 0.15) is 0 Å². The fraction of sp³-hybridized carbons (Fsp3) is 0.300. The second-order valence-electron chi connectivity index (χ2n) is 3.12. The van der Waals surface area contributed by atoms with Crippen LogP contribution in [-0.4, -0.2) is 6.21 Å². The van der Waals surface area contributed by atoms with Crippen molar-refractivity contribution >= 4 is 6.21 Å². The average molecular weight is 145 g/mol. The molecule has 0 fully saturated rings. The summed E-state index contributed by atoms with van der Waals surface area (Å²) in [6, 6.07) is 0. The zero-order chi connectivity index (χ0) is 7.84. The summed E-state index contributed by atoms with van der Waals surface area (Å²) in [5, 5.41) is 0. The summed E-state index contributed by atoms with van der Waals surface area (Å²) in [6.45, 7) is 4.32. The molecule has 1 aliphatic heterocycles. The average Bonchev–Trinajstić information content (AvgIpc) is 2.34. The van der Waals surface area contributed by atoms with E-state index in [0.29, 0.717) is 5.92 Å². The summed E-state index contributed by atoms with van der Waals surface area (Å²) >= 11 is 0. The Morgan fingerprint density at radius 3 is 3.00 bits per heavy atom. The molecular weight excluding hydrogens is 134 g/mol. The smallest absolute Gasteiger partial charge is 0.0671 e. The lowest BCUT2D eigenvalue weighted by atomic mass is 9.93. The Morgan fingerprint density at radius 1 is 1.36 bits per heavy atom. The topological polar surface area (TPSA) is 12.4 Å². The quantitative estimate of drug-likeness (QED) is 0.496. The summed E-state index contributed by atoms with van der Waals surface area (Å²) in [5.41, 5.74) is 3.80. The minimum Gasteiger partial charge on any atom is -0.257 e. The molecule has 1 nitrogen and oxygen atoms in total. The standard InChI is InChI=1S/C10H11N/c1-7-5-8(2)9-3-4-11-10(9)6-7/h3-7H,1-2H3. The van der Waals surface area contributed by atoms with Gasteiger partial charge in [-0.05, 0) is 24.5 Å². The summed E-state index contributed by atoms with van der Waals surface area (Å²) in [5.74, 6) is 0.539. The summed E-state index contributed by atoms with van der Waals surface area (Å²) in [4.78, 5) is 4.26. The minimum atomic E-state index is 0.539. The van der Waals surface area contributed by atoms with Crippen LogP contribution in [0.4, 0.5) is 0 Å². The van der Waals surface area contributed by atoms with Gasteiger partial charge >= 0.3 is 0 Å². The molecule has 2 rings (SSSR count). The second kappa shape index (κ2) is 2.19. The van der Waals surface area contributed by atoms with Crippen LogP contribution in [0.15, 0.2) is 40.1 Å². The molecule has 0 N–H and O–H groups in total. The normalized spacial score (nSPS) is 27.5. The van der Waals surface area contributed by atoms with Crippen LogP contribution in [0.5, 0.6) is 0 Å². The number of rotatable bonds is 0. The van der Waals surface area contributed by atoms with Gasteiger partial charge in [-0.15, -0.1) is 0 Å². The van der Waals surface area contributed by atoms with Crippen molar-refractivity contribution in [3.05, 3.63) is 35.1 Å². The Morgan fingerprint density at radius 2 is 2.18 bits per heavy atom. The van der Waals surface area contributed by atoms with Gasteiger partial charge in [0.25, 0.3) is 0 Å². The second-order valence-corrected chi connectivity index (χ2v) is 3.12. The first-order valence-electron chi connectivity index (χ1n) is 3.93. The van der Waals surface area contributed by atoms with Crippen LogP contribution < -0.4 is 0 Å². The lowest BCUT2D eigenvalue weighted by Crippen LogP contribution is -1.98. The van der Waals surface area contributed by atoms with Crippen LogP contribution in [-0.2, 0) is 0 Å². The van der Waals surface area contributed by atoms with Crippen molar-refractivity contribution in [2.75, 3.05) is 0 Å². The molecule has 0 amide bonds. The van der Waals surface area contributed by atoms with Crippen molar-refractivity contribution in [3.63, 3.8) is 0 Å². The summed E-state index contributed by atoms with van der Waals surface area (Å²) in [6.07, 6.45) is 8.41. The number of hydrogen-bond donors (Lipinski definition) is 0. The lowest BCUT2D eigenvalue weighted by molar-refractivity contribution is 0.896.